The second-order valence-electron chi connectivity index (χ2n) is 6.81. The Balaban J connectivity index is 1.79. The molecule has 0 amide bonds. The van der Waals surface area contributed by atoms with Crippen molar-refractivity contribution >= 4 is 13.0 Å². The Morgan fingerprint density at radius 1 is 1.43 bits per heavy atom. The van der Waals surface area contributed by atoms with E-state index in [1.807, 2.05) is 0 Å². The second-order valence-corrected chi connectivity index (χ2v) is 10.3. The number of hydrogen-bond acceptors (Lipinski definition) is 5. The van der Waals surface area contributed by atoms with Crippen LogP contribution in [-0.2, 0) is 15.1 Å². The van der Waals surface area contributed by atoms with Gasteiger partial charge in [0, 0.05) is 13.0 Å². The number of fused-ring (bicyclic) bond motifs is 4. The van der Waals surface area contributed by atoms with Gasteiger partial charge in [-0.1, -0.05) is 5.16 Å². The quantitative estimate of drug-likeness (QED) is 0.738. The Hall–Kier alpha value is -1.55. The molecule has 1 spiro atoms. The summed E-state index contributed by atoms with van der Waals surface area (Å²) in [5.74, 6) is 1.06. The summed E-state index contributed by atoms with van der Waals surface area (Å²) < 4.78 is 32.1. The summed E-state index contributed by atoms with van der Waals surface area (Å²) in [6.45, 7) is 4.85. The molecule has 0 bridgehead atoms. The Morgan fingerprint density at radius 2 is 2.26 bits per heavy atom. The van der Waals surface area contributed by atoms with Crippen LogP contribution < -0.4 is 4.74 Å². The third-order valence-corrected chi connectivity index (χ3v) is 6.96. The van der Waals surface area contributed by atoms with Crippen LogP contribution in [0.15, 0.2) is 23.4 Å². The first-order valence-corrected chi connectivity index (χ1v) is 10.6. The third-order valence-electron chi connectivity index (χ3n) is 4.97. The number of ether oxygens (including phenoxy) is 1. The average Bonchev–Trinajstić information content (AvgIpc) is 2.87. The maximum Gasteiger partial charge on any atom is 0.244 e. The number of rotatable bonds is 1. The molecule has 2 unspecified atom stereocenters. The molecule has 4 rings (SSSR count). The van der Waals surface area contributed by atoms with Crippen LogP contribution in [0, 0.1) is 5.82 Å². The highest BCUT2D eigenvalue weighted by atomic mass is 31.2. The minimum absolute atomic E-state index is 0.0875. The zero-order valence-electron chi connectivity index (χ0n) is 13.3. The third kappa shape index (κ3) is 2.18. The van der Waals surface area contributed by atoms with Crippen LogP contribution in [0.3, 0.4) is 0 Å². The molecule has 1 aromatic carbocycles. The van der Waals surface area contributed by atoms with Gasteiger partial charge >= 0.3 is 0 Å². The van der Waals surface area contributed by atoms with E-state index in [1.54, 1.807) is 19.4 Å². The van der Waals surface area contributed by atoms with E-state index in [4.69, 9.17) is 9.57 Å². The standard InChI is InChI=1S/C16H20FN2O3P/c1-23(2,20)14-4-3-8-19-15(14)18-22-16(19)7-9-21-13-6-5-11(17)10-12(13)16/h5-6,10,14H,3-4,7-9H2,1-2H3. The Bertz CT molecular complexity index is 732. The van der Waals surface area contributed by atoms with E-state index in [2.05, 4.69) is 10.1 Å². The van der Waals surface area contributed by atoms with Crippen molar-refractivity contribution in [2.45, 2.75) is 30.6 Å². The van der Waals surface area contributed by atoms with Crippen molar-refractivity contribution in [3.63, 3.8) is 0 Å². The summed E-state index contributed by atoms with van der Waals surface area (Å²) in [6, 6.07) is 4.49. The van der Waals surface area contributed by atoms with Gasteiger partial charge in [-0.2, -0.15) is 0 Å². The van der Waals surface area contributed by atoms with Crippen molar-refractivity contribution in [3.8, 4) is 5.75 Å². The highest BCUT2D eigenvalue weighted by Gasteiger charge is 2.54. The van der Waals surface area contributed by atoms with Crippen molar-refractivity contribution in [1.29, 1.82) is 0 Å². The van der Waals surface area contributed by atoms with Gasteiger partial charge in [0.2, 0.25) is 5.72 Å². The highest BCUT2D eigenvalue weighted by molar-refractivity contribution is 7.64. The Labute approximate surface area is 134 Å². The van der Waals surface area contributed by atoms with Crippen molar-refractivity contribution in [3.05, 3.63) is 29.6 Å². The van der Waals surface area contributed by atoms with Crippen LogP contribution in [0.25, 0.3) is 0 Å². The summed E-state index contributed by atoms with van der Waals surface area (Å²) in [4.78, 5) is 7.97. The molecule has 23 heavy (non-hydrogen) atoms. The minimum atomic E-state index is -2.33. The van der Waals surface area contributed by atoms with Crippen LogP contribution in [0.4, 0.5) is 4.39 Å². The largest absolute Gasteiger partial charge is 0.493 e. The monoisotopic (exact) mass is 338 g/mol. The zero-order chi connectivity index (χ0) is 16.2. The van der Waals surface area contributed by atoms with Gasteiger partial charge in [0.25, 0.3) is 0 Å². The van der Waals surface area contributed by atoms with Crippen molar-refractivity contribution in [1.82, 2.24) is 4.90 Å². The first-order chi connectivity index (χ1) is 10.9. The molecule has 0 aromatic heterocycles. The molecule has 0 N–H and O–H groups in total. The minimum Gasteiger partial charge on any atom is -0.493 e. The molecule has 1 fully saturated rings. The summed E-state index contributed by atoms with van der Waals surface area (Å²) in [5.41, 5.74) is -0.237. The Kier molecular flexibility index (Phi) is 3.24. The fourth-order valence-corrected chi connectivity index (χ4v) is 5.39. The van der Waals surface area contributed by atoms with Crippen LogP contribution in [-0.4, -0.2) is 42.9 Å². The Morgan fingerprint density at radius 3 is 3.04 bits per heavy atom. The predicted octanol–water partition coefficient (Wildman–Crippen LogP) is 3.19. The predicted molar refractivity (Wildman–Crippen MR) is 85.9 cm³/mol. The van der Waals surface area contributed by atoms with Crippen LogP contribution in [0.5, 0.6) is 5.75 Å². The molecule has 3 heterocycles. The van der Waals surface area contributed by atoms with Gasteiger partial charge in [-0.3, -0.25) is 0 Å². The van der Waals surface area contributed by atoms with E-state index in [1.165, 1.54) is 12.1 Å². The molecule has 1 aromatic rings. The van der Waals surface area contributed by atoms with Gasteiger partial charge < -0.3 is 19.0 Å². The number of piperidine rings is 1. The van der Waals surface area contributed by atoms with E-state index in [0.717, 1.165) is 25.2 Å². The molecule has 7 heteroatoms. The molecule has 1 saturated heterocycles. The van der Waals surface area contributed by atoms with E-state index >= 15 is 0 Å². The lowest BCUT2D eigenvalue weighted by atomic mass is 9.92. The summed E-state index contributed by atoms with van der Waals surface area (Å²) in [6.07, 6.45) is 2.35. The van der Waals surface area contributed by atoms with Gasteiger partial charge in [-0.25, -0.2) is 4.39 Å². The SMILES string of the molecule is CP(C)(=O)C1CCCN2C1=NOC21CCOc2ccc(F)cc21. The van der Waals surface area contributed by atoms with Gasteiger partial charge in [0.15, 0.2) is 5.84 Å². The zero-order valence-corrected chi connectivity index (χ0v) is 14.2. The van der Waals surface area contributed by atoms with E-state index in [9.17, 15) is 8.96 Å². The lowest BCUT2D eigenvalue weighted by Crippen LogP contribution is -2.53. The van der Waals surface area contributed by atoms with Gasteiger partial charge in [-0.05, 0) is 44.4 Å². The number of benzene rings is 1. The first kappa shape index (κ1) is 15.0. The molecule has 3 aliphatic heterocycles. The molecule has 5 nitrogen and oxygen atoms in total. The molecule has 2 atom stereocenters. The van der Waals surface area contributed by atoms with Crippen molar-refractivity contribution < 1.29 is 18.5 Å². The highest BCUT2D eigenvalue weighted by Crippen LogP contribution is 2.53. The molecular weight excluding hydrogens is 318 g/mol. The lowest BCUT2D eigenvalue weighted by Gasteiger charge is -2.44. The molecule has 0 aliphatic carbocycles. The summed E-state index contributed by atoms with van der Waals surface area (Å²) in [7, 11) is -2.33. The topological polar surface area (TPSA) is 51.1 Å². The fraction of sp³-hybridized carbons (Fsp3) is 0.562. The maximum absolute atomic E-state index is 13.8. The molecular formula is C16H20FN2O3P. The summed E-state index contributed by atoms with van der Waals surface area (Å²) >= 11 is 0. The fourth-order valence-electron chi connectivity index (χ4n) is 3.85. The van der Waals surface area contributed by atoms with Gasteiger partial charge in [0.05, 0.1) is 25.0 Å². The smallest absolute Gasteiger partial charge is 0.244 e. The first-order valence-electron chi connectivity index (χ1n) is 7.93. The number of halogens is 1. The second kappa shape index (κ2) is 4.97. The molecule has 3 aliphatic rings. The number of oxime groups is 1. The normalized spacial score (nSPS) is 29.4. The number of amidine groups is 1. The summed E-state index contributed by atoms with van der Waals surface area (Å²) in [5, 5.41) is 4.30. The average molecular weight is 338 g/mol. The van der Waals surface area contributed by atoms with Crippen molar-refractivity contribution in [2.75, 3.05) is 26.5 Å². The van der Waals surface area contributed by atoms with E-state index in [-0.39, 0.29) is 11.5 Å². The van der Waals surface area contributed by atoms with Crippen molar-refractivity contribution in [2.24, 2.45) is 5.16 Å². The molecule has 124 valence electrons. The van der Waals surface area contributed by atoms with E-state index in [0.29, 0.717) is 24.3 Å². The van der Waals surface area contributed by atoms with Crippen LogP contribution >= 0.6 is 7.14 Å². The maximum atomic E-state index is 13.8. The van der Waals surface area contributed by atoms with Crippen LogP contribution in [0.1, 0.15) is 24.8 Å². The van der Waals surface area contributed by atoms with Gasteiger partial charge in [-0.15, -0.1) is 0 Å². The number of hydrogen-bond donors (Lipinski definition) is 0. The van der Waals surface area contributed by atoms with Crippen LogP contribution in [0.2, 0.25) is 0 Å². The molecule has 0 radical (unpaired) electrons. The molecule has 0 saturated carbocycles. The van der Waals surface area contributed by atoms with Gasteiger partial charge in [0.1, 0.15) is 11.6 Å². The lowest BCUT2D eigenvalue weighted by molar-refractivity contribution is -0.128. The van der Waals surface area contributed by atoms with E-state index < -0.39 is 12.9 Å². The number of nitrogens with zero attached hydrogens (tertiary/aromatic N) is 2.